The van der Waals surface area contributed by atoms with Crippen LogP contribution in [0.1, 0.15) is 32.2 Å². The molecule has 2 heterocycles. The maximum absolute atomic E-state index is 5.92. The van der Waals surface area contributed by atoms with Crippen molar-refractivity contribution in [2.45, 2.75) is 32.2 Å². The Bertz CT molecular complexity index is 741. The number of fused-ring (bicyclic) bond motifs is 1. The van der Waals surface area contributed by atoms with Crippen molar-refractivity contribution in [3.05, 3.63) is 42.5 Å². The predicted molar refractivity (Wildman–Crippen MR) is 90.8 cm³/mol. The van der Waals surface area contributed by atoms with Gasteiger partial charge in [0, 0.05) is 18.4 Å². The van der Waals surface area contributed by atoms with Crippen LogP contribution in [0.2, 0.25) is 0 Å². The van der Waals surface area contributed by atoms with Crippen molar-refractivity contribution >= 4 is 23.6 Å². The van der Waals surface area contributed by atoms with E-state index in [-0.39, 0.29) is 0 Å². The summed E-state index contributed by atoms with van der Waals surface area (Å²) in [5, 5.41) is 0.938. The van der Waals surface area contributed by atoms with E-state index >= 15 is 0 Å². The number of allylic oxidation sites excluding steroid dienone is 3. The highest BCUT2D eigenvalue weighted by atomic mass is 15.1. The van der Waals surface area contributed by atoms with Crippen molar-refractivity contribution < 1.29 is 0 Å². The lowest BCUT2D eigenvalue weighted by Gasteiger charge is -2.15. The van der Waals surface area contributed by atoms with Crippen LogP contribution < -0.4 is 5.73 Å². The van der Waals surface area contributed by atoms with Gasteiger partial charge in [-0.25, -0.2) is 9.97 Å². The van der Waals surface area contributed by atoms with Gasteiger partial charge in [0.2, 0.25) is 0 Å². The summed E-state index contributed by atoms with van der Waals surface area (Å²) in [6.45, 7) is 5.58. The number of rotatable bonds is 4. The minimum Gasteiger partial charge on any atom is -0.383 e. The molecule has 22 heavy (non-hydrogen) atoms. The summed E-state index contributed by atoms with van der Waals surface area (Å²) in [6, 6.07) is 2.47. The summed E-state index contributed by atoms with van der Waals surface area (Å²) in [6.07, 6.45) is 13.0. The topological polar surface area (TPSA) is 69.1 Å². The van der Waals surface area contributed by atoms with E-state index in [1.165, 1.54) is 18.3 Å². The number of anilines is 1. The van der Waals surface area contributed by atoms with Crippen LogP contribution >= 0.6 is 0 Å². The van der Waals surface area contributed by atoms with Gasteiger partial charge in [-0.3, -0.25) is 4.99 Å². The first-order valence-corrected chi connectivity index (χ1v) is 7.60. The van der Waals surface area contributed by atoms with Crippen LogP contribution in [0, 0.1) is 5.92 Å². The molecule has 0 bridgehead atoms. The molecule has 0 aromatic carbocycles. The molecule has 2 aromatic heterocycles. The van der Waals surface area contributed by atoms with Gasteiger partial charge in [-0.15, -0.1) is 0 Å². The zero-order valence-corrected chi connectivity index (χ0v) is 12.8. The minimum absolute atomic E-state index is 0.455. The number of aliphatic imine (C=N–C) groups is 1. The molecule has 2 N–H and O–H groups in total. The largest absolute Gasteiger partial charge is 0.383 e. The van der Waals surface area contributed by atoms with Crippen molar-refractivity contribution in [2.24, 2.45) is 10.9 Å². The van der Waals surface area contributed by atoms with Gasteiger partial charge in [-0.1, -0.05) is 6.08 Å². The first-order valence-electron chi connectivity index (χ1n) is 7.60. The van der Waals surface area contributed by atoms with Crippen molar-refractivity contribution in [1.82, 2.24) is 14.5 Å². The van der Waals surface area contributed by atoms with Crippen molar-refractivity contribution in [3.63, 3.8) is 0 Å². The smallest absolute Gasteiger partial charge is 0.145 e. The van der Waals surface area contributed by atoms with Crippen LogP contribution in [-0.4, -0.2) is 21.3 Å². The number of hydrogen-bond acceptors (Lipinski definition) is 4. The number of nitrogen functional groups attached to an aromatic ring is 1. The van der Waals surface area contributed by atoms with E-state index in [0.29, 0.717) is 17.8 Å². The average molecular weight is 295 g/mol. The van der Waals surface area contributed by atoms with E-state index in [1.54, 1.807) is 6.20 Å². The molecule has 3 rings (SSSR count). The summed E-state index contributed by atoms with van der Waals surface area (Å²) in [4.78, 5) is 12.3. The summed E-state index contributed by atoms with van der Waals surface area (Å²) >= 11 is 0. The third-order valence-corrected chi connectivity index (χ3v) is 4.52. The Labute approximate surface area is 130 Å². The molecule has 2 aromatic rings. The van der Waals surface area contributed by atoms with Gasteiger partial charge < -0.3 is 10.3 Å². The minimum atomic E-state index is 0.455. The van der Waals surface area contributed by atoms with Gasteiger partial charge in [0.15, 0.2) is 0 Å². The van der Waals surface area contributed by atoms with Crippen LogP contribution in [-0.2, 0) is 0 Å². The molecule has 2 unspecified atom stereocenters. The quantitative estimate of drug-likeness (QED) is 0.693. The lowest BCUT2D eigenvalue weighted by atomic mass is 9.97. The SMILES string of the molecule is C=N/C=C\C(=C/C)C1CCC(n2ccc3c(N)ncnc32)C1. The molecule has 1 fully saturated rings. The fourth-order valence-corrected chi connectivity index (χ4v) is 3.41. The zero-order chi connectivity index (χ0) is 15.5. The molecule has 5 heteroatoms. The zero-order valence-electron chi connectivity index (χ0n) is 12.8. The summed E-state index contributed by atoms with van der Waals surface area (Å²) in [7, 11) is 0. The van der Waals surface area contributed by atoms with Gasteiger partial charge in [0.25, 0.3) is 0 Å². The van der Waals surface area contributed by atoms with Gasteiger partial charge in [0.05, 0.1) is 5.39 Å². The summed E-state index contributed by atoms with van der Waals surface area (Å²) in [5.41, 5.74) is 8.19. The van der Waals surface area contributed by atoms with E-state index in [0.717, 1.165) is 23.9 Å². The van der Waals surface area contributed by atoms with Crippen LogP contribution in [0.15, 0.2) is 47.5 Å². The molecule has 0 aliphatic heterocycles. The second kappa shape index (κ2) is 6.13. The van der Waals surface area contributed by atoms with Gasteiger partial charge in [-0.05, 0) is 56.5 Å². The molecular formula is C17H21N5. The van der Waals surface area contributed by atoms with Crippen molar-refractivity contribution in [3.8, 4) is 0 Å². The Morgan fingerprint density at radius 2 is 2.32 bits per heavy atom. The first-order chi connectivity index (χ1) is 10.7. The van der Waals surface area contributed by atoms with Crippen molar-refractivity contribution in [2.75, 3.05) is 5.73 Å². The molecule has 0 radical (unpaired) electrons. The molecular weight excluding hydrogens is 274 g/mol. The van der Waals surface area contributed by atoms with Gasteiger partial charge >= 0.3 is 0 Å². The maximum atomic E-state index is 5.92. The third-order valence-electron chi connectivity index (χ3n) is 4.52. The van der Waals surface area contributed by atoms with Crippen LogP contribution in [0.25, 0.3) is 11.0 Å². The monoisotopic (exact) mass is 295 g/mol. The predicted octanol–water partition coefficient (Wildman–Crippen LogP) is 3.52. The average Bonchev–Trinajstić information content (AvgIpc) is 3.15. The fourth-order valence-electron chi connectivity index (χ4n) is 3.41. The molecule has 0 saturated heterocycles. The molecule has 0 amide bonds. The molecule has 114 valence electrons. The molecule has 1 aliphatic carbocycles. The third kappa shape index (κ3) is 2.54. The highest BCUT2D eigenvalue weighted by Crippen LogP contribution is 2.40. The number of aromatic nitrogens is 3. The Morgan fingerprint density at radius 1 is 1.45 bits per heavy atom. The maximum Gasteiger partial charge on any atom is 0.145 e. The summed E-state index contributed by atoms with van der Waals surface area (Å²) < 4.78 is 2.25. The standard InChI is InChI=1S/C17H21N5/c1-3-12(6-8-19-2)13-4-5-14(10-13)22-9-7-15-16(18)20-11-21-17(15)22/h3,6-9,11,13-14H,2,4-5,10H2,1H3,(H2,18,20,21)/b8-6-,12-3+. The number of hydrogen-bond donors (Lipinski definition) is 1. The molecule has 0 spiro atoms. The number of nitrogens with zero attached hydrogens (tertiary/aromatic N) is 4. The van der Waals surface area contributed by atoms with E-state index in [1.807, 2.05) is 6.07 Å². The molecule has 2 atom stereocenters. The Balaban J connectivity index is 1.84. The Kier molecular flexibility index (Phi) is 4.04. The van der Waals surface area contributed by atoms with Crippen LogP contribution in [0.3, 0.4) is 0 Å². The highest BCUT2D eigenvalue weighted by molar-refractivity contribution is 5.86. The van der Waals surface area contributed by atoms with E-state index in [9.17, 15) is 0 Å². The molecule has 5 nitrogen and oxygen atoms in total. The van der Waals surface area contributed by atoms with E-state index in [2.05, 4.69) is 51.5 Å². The molecule has 1 aliphatic rings. The van der Waals surface area contributed by atoms with Crippen LogP contribution in [0.5, 0.6) is 0 Å². The van der Waals surface area contributed by atoms with E-state index in [4.69, 9.17) is 5.73 Å². The Morgan fingerprint density at radius 3 is 3.09 bits per heavy atom. The lowest BCUT2D eigenvalue weighted by molar-refractivity contribution is 0.514. The second-order valence-electron chi connectivity index (χ2n) is 5.67. The highest BCUT2D eigenvalue weighted by Gasteiger charge is 2.28. The lowest BCUT2D eigenvalue weighted by Crippen LogP contribution is -2.06. The normalized spacial score (nSPS) is 22.7. The van der Waals surface area contributed by atoms with Gasteiger partial charge in [0.1, 0.15) is 17.8 Å². The molecule has 1 saturated carbocycles. The number of nitrogens with two attached hydrogens (primary N) is 1. The van der Waals surface area contributed by atoms with Crippen molar-refractivity contribution in [1.29, 1.82) is 0 Å². The van der Waals surface area contributed by atoms with Gasteiger partial charge in [-0.2, -0.15) is 0 Å². The van der Waals surface area contributed by atoms with E-state index < -0.39 is 0 Å². The fraction of sp³-hybridized carbons (Fsp3) is 0.353. The Hall–Kier alpha value is -2.43. The second-order valence-corrected chi connectivity index (χ2v) is 5.67. The van der Waals surface area contributed by atoms with Crippen LogP contribution in [0.4, 0.5) is 5.82 Å². The first kappa shape index (κ1) is 14.5. The summed E-state index contributed by atoms with van der Waals surface area (Å²) in [5.74, 6) is 1.11.